The quantitative estimate of drug-likeness (QED) is 0.416. The van der Waals surface area contributed by atoms with Crippen molar-refractivity contribution in [3.63, 3.8) is 0 Å². The second-order valence-electron chi connectivity index (χ2n) is 9.99. The number of nitrogens with one attached hydrogen (secondary N) is 1. The van der Waals surface area contributed by atoms with Gasteiger partial charge in [-0.15, -0.1) is 0 Å². The van der Waals surface area contributed by atoms with Crippen LogP contribution in [0.25, 0.3) is 11.1 Å². The highest BCUT2D eigenvalue weighted by molar-refractivity contribution is 5.96. The van der Waals surface area contributed by atoms with E-state index < -0.39 is 17.6 Å². The van der Waals surface area contributed by atoms with Crippen LogP contribution in [0, 0.1) is 0 Å². The first kappa shape index (κ1) is 26.2. The smallest absolute Gasteiger partial charge is 0.421 e. The van der Waals surface area contributed by atoms with Gasteiger partial charge in [0, 0.05) is 41.5 Å². The van der Waals surface area contributed by atoms with Gasteiger partial charge >= 0.3 is 6.18 Å². The maximum absolute atomic E-state index is 13.8. The molecule has 1 unspecified atom stereocenters. The van der Waals surface area contributed by atoms with Gasteiger partial charge in [0.05, 0.1) is 17.9 Å². The molecule has 2 aromatic heterocycles. The summed E-state index contributed by atoms with van der Waals surface area (Å²) in [6.45, 7) is 5.76. The number of alkyl halides is 3. The molecule has 5 rings (SSSR count). The molecule has 0 radical (unpaired) electrons. The molecule has 1 N–H and O–H groups in total. The van der Waals surface area contributed by atoms with E-state index in [4.69, 9.17) is 4.74 Å². The molecule has 1 atom stereocenters. The first-order valence-corrected chi connectivity index (χ1v) is 13.2. The van der Waals surface area contributed by atoms with Gasteiger partial charge in [0.2, 0.25) is 11.8 Å². The average molecular weight is 528 g/mol. The fourth-order valence-corrected chi connectivity index (χ4v) is 5.40. The molecule has 2 aliphatic rings. The molecule has 38 heavy (non-hydrogen) atoms. The number of halogens is 3. The zero-order valence-electron chi connectivity index (χ0n) is 21.6. The zero-order valence-corrected chi connectivity index (χ0v) is 21.6. The van der Waals surface area contributed by atoms with Crippen LogP contribution in [-0.2, 0) is 17.4 Å². The van der Waals surface area contributed by atoms with Crippen LogP contribution in [0.1, 0.15) is 63.1 Å². The molecule has 0 saturated carbocycles. The Morgan fingerprint density at radius 2 is 1.97 bits per heavy atom. The minimum atomic E-state index is -4.63. The third-order valence-electron chi connectivity index (χ3n) is 7.35. The Morgan fingerprint density at radius 1 is 1.18 bits per heavy atom. The summed E-state index contributed by atoms with van der Waals surface area (Å²) in [5.74, 6) is -0.226. The first-order chi connectivity index (χ1) is 18.3. The van der Waals surface area contributed by atoms with Crippen molar-refractivity contribution in [2.24, 2.45) is 0 Å². The van der Waals surface area contributed by atoms with Crippen molar-refractivity contribution < 1.29 is 22.7 Å². The molecular weight excluding hydrogens is 495 g/mol. The van der Waals surface area contributed by atoms with Crippen LogP contribution in [-0.4, -0.2) is 39.8 Å². The number of hydrogen-bond acceptors (Lipinski definition) is 5. The third kappa shape index (κ3) is 5.14. The number of amides is 1. The van der Waals surface area contributed by atoms with E-state index in [1.54, 1.807) is 11.1 Å². The van der Waals surface area contributed by atoms with Crippen molar-refractivity contribution in [2.75, 3.05) is 18.0 Å². The van der Waals surface area contributed by atoms with Gasteiger partial charge in [-0.2, -0.15) is 18.3 Å². The van der Waals surface area contributed by atoms with Crippen molar-refractivity contribution in [2.45, 2.75) is 70.6 Å². The van der Waals surface area contributed by atoms with E-state index in [-0.39, 0.29) is 23.7 Å². The van der Waals surface area contributed by atoms with E-state index in [2.05, 4.69) is 15.4 Å². The second kappa shape index (κ2) is 10.8. The van der Waals surface area contributed by atoms with E-state index in [1.165, 1.54) is 12.3 Å². The predicted molar refractivity (Wildman–Crippen MR) is 138 cm³/mol. The summed E-state index contributed by atoms with van der Waals surface area (Å²) in [6.07, 6.45) is 4.54. The summed E-state index contributed by atoms with van der Waals surface area (Å²) >= 11 is 0. The minimum absolute atomic E-state index is 0.00723. The lowest BCUT2D eigenvalue weighted by atomic mass is 9.92. The van der Waals surface area contributed by atoms with Crippen LogP contribution >= 0.6 is 0 Å². The fourth-order valence-electron chi connectivity index (χ4n) is 5.40. The van der Waals surface area contributed by atoms with Gasteiger partial charge in [-0.25, -0.2) is 4.98 Å². The van der Waals surface area contributed by atoms with Gasteiger partial charge in [0.25, 0.3) is 0 Å². The number of fused-ring (bicyclic) bond motifs is 1. The summed E-state index contributed by atoms with van der Waals surface area (Å²) in [4.78, 5) is 18.8. The van der Waals surface area contributed by atoms with Crippen LogP contribution < -0.4 is 15.0 Å². The molecule has 202 valence electrons. The monoisotopic (exact) mass is 527 g/mol. The maximum Gasteiger partial charge on any atom is 0.421 e. The van der Waals surface area contributed by atoms with Gasteiger partial charge in [-0.1, -0.05) is 6.92 Å². The zero-order chi connectivity index (χ0) is 26.9. The summed E-state index contributed by atoms with van der Waals surface area (Å²) in [6, 6.07) is 6.13. The van der Waals surface area contributed by atoms with Gasteiger partial charge in [-0.05, 0) is 76.4 Å². The number of aromatic nitrogens is 3. The van der Waals surface area contributed by atoms with Crippen LogP contribution in [0.3, 0.4) is 0 Å². The number of anilines is 1. The van der Waals surface area contributed by atoms with Crippen molar-refractivity contribution in [1.29, 1.82) is 0 Å². The van der Waals surface area contributed by atoms with E-state index >= 15 is 0 Å². The topological polar surface area (TPSA) is 72.3 Å². The summed E-state index contributed by atoms with van der Waals surface area (Å²) in [5.41, 5.74) is 1.81. The van der Waals surface area contributed by atoms with E-state index in [1.807, 2.05) is 36.9 Å². The molecule has 1 fully saturated rings. The molecule has 0 bridgehead atoms. The second-order valence-corrected chi connectivity index (χ2v) is 9.99. The molecule has 1 saturated heterocycles. The Balaban J connectivity index is 1.63. The summed E-state index contributed by atoms with van der Waals surface area (Å²) < 4.78 is 49.5. The summed E-state index contributed by atoms with van der Waals surface area (Å²) in [7, 11) is 0. The molecule has 2 aliphatic heterocycles. The first-order valence-electron chi connectivity index (χ1n) is 13.2. The molecule has 1 amide bonds. The fraction of sp³-hybridized carbons (Fsp3) is 0.464. The number of ether oxygens (including phenoxy) is 1. The van der Waals surface area contributed by atoms with Crippen molar-refractivity contribution in [3.05, 3.63) is 54.0 Å². The molecule has 10 heteroatoms. The number of nitrogens with zero attached hydrogens (tertiary/aromatic N) is 4. The predicted octanol–water partition coefficient (Wildman–Crippen LogP) is 6.15. The Morgan fingerprint density at radius 3 is 2.71 bits per heavy atom. The molecule has 0 aliphatic carbocycles. The standard InChI is InChI=1S/C28H32F3N5O2/c1-3-5-25(37)36-18(2)7-8-22-24(36)10-9-21(19-16-34-35(17-19)20-11-14-32-15-12-20)26(22)38-27-23(28(29,30)31)6-4-13-33-27/h4,6,9-10,13,16-18,20,32H,3,5,7-8,11-12,14-15H2,1-2H3. The van der Waals surface area contributed by atoms with Crippen molar-refractivity contribution in [3.8, 4) is 22.8 Å². The van der Waals surface area contributed by atoms with Crippen LogP contribution in [0.4, 0.5) is 18.9 Å². The highest BCUT2D eigenvalue weighted by Crippen LogP contribution is 2.46. The summed E-state index contributed by atoms with van der Waals surface area (Å²) in [5, 5.41) is 7.93. The average Bonchev–Trinajstić information content (AvgIpc) is 3.39. The van der Waals surface area contributed by atoms with E-state index in [9.17, 15) is 18.0 Å². The third-order valence-corrected chi connectivity index (χ3v) is 7.35. The number of pyridine rings is 1. The lowest BCUT2D eigenvalue weighted by Gasteiger charge is -2.36. The van der Waals surface area contributed by atoms with Crippen molar-refractivity contribution >= 4 is 11.6 Å². The maximum atomic E-state index is 13.8. The highest BCUT2D eigenvalue weighted by Gasteiger charge is 2.37. The number of carbonyl (C=O) groups is 1. The molecular formula is C28H32F3N5O2. The largest absolute Gasteiger partial charge is 0.437 e. The van der Waals surface area contributed by atoms with E-state index in [0.29, 0.717) is 42.5 Å². The van der Waals surface area contributed by atoms with Gasteiger partial charge in [-0.3, -0.25) is 9.48 Å². The van der Waals surface area contributed by atoms with Crippen molar-refractivity contribution in [1.82, 2.24) is 20.1 Å². The molecule has 1 aromatic carbocycles. The Kier molecular flexibility index (Phi) is 7.43. The lowest BCUT2D eigenvalue weighted by Crippen LogP contribution is -2.42. The highest BCUT2D eigenvalue weighted by atomic mass is 19.4. The number of hydrogen-bond donors (Lipinski definition) is 1. The Hall–Kier alpha value is -3.40. The number of benzene rings is 1. The SMILES string of the molecule is CCCC(=O)N1c2ccc(-c3cnn(C4CCNCC4)c3)c(Oc3ncccc3C(F)(F)F)c2CCC1C. The van der Waals surface area contributed by atoms with Gasteiger partial charge in [0.15, 0.2) is 0 Å². The lowest BCUT2D eigenvalue weighted by molar-refractivity contribution is -0.138. The van der Waals surface area contributed by atoms with Crippen LogP contribution in [0.15, 0.2) is 42.9 Å². The number of rotatable bonds is 6. The van der Waals surface area contributed by atoms with Gasteiger partial charge < -0.3 is 15.0 Å². The molecule has 3 aromatic rings. The number of carbonyl (C=O) groups excluding carboxylic acids is 1. The molecule has 4 heterocycles. The van der Waals surface area contributed by atoms with Crippen LogP contribution in [0.2, 0.25) is 0 Å². The Labute approximate surface area is 220 Å². The molecule has 7 nitrogen and oxygen atoms in total. The van der Waals surface area contributed by atoms with E-state index in [0.717, 1.165) is 37.6 Å². The van der Waals surface area contributed by atoms with Gasteiger partial charge in [0.1, 0.15) is 11.3 Å². The number of piperidine rings is 1. The molecule has 0 spiro atoms. The minimum Gasteiger partial charge on any atom is -0.437 e. The van der Waals surface area contributed by atoms with Crippen LogP contribution in [0.5, 0.6) is 11.6 Å². The Bertz CT molecular complexity index is 1300. The normalized spacial score (nSPS) is 18.3.